The highest BCUT2D eigenvalue weighted by Gasteiger charge is 2.31. The Bertz CT molecular complexity index is 1340. The molecule has 7 nitrogen and oxygen atoms in total. The highest BCUT2D eigenvalue weighted by atomic mass is 16.4. The Morgan fingerprint density at radius 2 is 1.97 bits per heavy atom. The third kappa shape index (κ3) is 4.03. The molecule has 0 radical (unpaired) electrons. The fourth-order valence-electron chi connectivity index (χ4n) is 4.66. The zero-order valence-corrected chi connectivity index (χ0v) is 19.6. The number of aryl methyl sites for hydroxylation is 4. The van der Waals surface area contributed by atoms with Crippen molar-refractivity contribution in [2.24, 2.45) is 0 Å². The number of likely N-dealkylation sites (tertiary alicyclic amines) is 1. The monoisotopic (exact) mass is 443 g/mol. The molecule has 5 heterocycles. The number of imidazole rings is 1. The smallest absolute Gasteiger partial charge is 0.273 e. The van der Waals surface area contributed by atoms with Crippen LogP contribution in [-0.2, 0) is 6.42 Å². The van der Waals surface area contributed by atoms with E-state index in [1.807, 2.05) is 30.9 Å². The molecule has 0 aliphatic carbocycles. The molecule has 5 rings (SSSR count). The van der Waals surface area contributed by atoms with Crippen LogP contribution in [0, 0.1) is 27.7 Å². The number of amides is 1. The third-order valence-corrected chi connectivity index (χ3v) is 6.62. The molecule has 4 aromatic rings. The van der Waals surface area contributed by atoms with Gasteiger partial charge in [-0.15, -0.1) is 0 Å². The molecule has 7 heteroatoms. The average Bonchev–Trinajstić information content (AvgIpc) is 3.42. The minimum atomic E-state index is -0.0648. The van der Waals surface area contributed by atoms with Crippen LogP contribution in [0.4, 0.5) is 0 Å². The van der Waals surface area contributed by atoms with Crippen molar-refractivity contribution in [3.63, 3.8) is 0 Å². The lowest BCUT2D eigenvalue weighted by Gasteiger charge is -2.35. The van der Waals surface area contributed by atoms with Gasteiger partial charge in [0.25, 0.3) is 5.91 Å². The largest absolute Gasteiger partial charge is 0.441 e. The number of carbonyl (C=O) groups excluding carboxylic acids is 1. The minimum Gasteiger partial charge on any atom is -0.441 e. The van der Waals surface area contributed by atoms with E-state index in [9.17, 15) is 4.79 Å². The van der Waals surface area contributed by atoms with Gasteiger partial charge in [0.15, 0.2) is 0 Å². The molecule has 170 valence electrons. The van der Waals surface area contributed by atoms with E-state index >= 15 is 0 Å². The Hall–Kier alpha value is -3.48. The topological polar surface area (TPSA) is 76.5 Å². The number of piperidine rings is 1. The van der Waals surface area contributed by atoms with Gasteiger partial charge in [0.05, 0.1) is 17.5 Å². The zero-order valence-electron chi connectivity index (χ0n) is 19.6. The van der Waals surface area contributed by atoms with E-state index in [2.05, 4.69) is 46.7 Å². The predicted octanol–water partition coefficient (Wildman–Crippen LogP) is 4.86. The van der Waals surface area contributed by atoms with Crippen LogP contribution in [0.25, 0.3) is 17.1 Å². The summed E-state index contributed by atoms with van der Waals surface area (Å²) < 4.78 is 7.81. The van der Waals surface area contributed by atoms with Crippen molar-refractivity contribution in [2.75, 3.05) is 6.54 Å². The van der Waals surface area contributed by atoms with Crippen molar-refractivity contribution in [1.29, 1.82) is 0 Å². The lowest BCUT2D eigenvalue weighted by molar-refractivity contribution is 0.0607. The summed E-state index contributed by atoms with van der Waals surface area (Å²) in [7, 11) is 0. The normalized spacial score (nSPS) is 16.5. The van der Waals surface area contributed by atoms with Crippen molar-refractivity contribution < 1.29 is 9.21 Å². The standard InChI is InChI=1S/C26H29N5O2/c1-16-10-12-30-15-20(29-24(30)19(16)4)13-21-7-5-6-11-31(21)26(32)23-22(9-8-17(2)28-23)25-27-14-18(3)33-25/h8-10,12,14-15,21H,5-7,11,13H2,1-4H3/t21-/m0/s1. The third-order valence-electron chi connectivity index (χ3n) is 6.62. The molecule has 4 aromatic heterocycles. The van der Waals surface area contributed by atoms with E-state index in [0.717, 1.165) is 42.7 Å². The van der Waals surface area contributed by atoms with E-state index in [4.69, 9.17) is 9.40 Å². The lowest BCUT2D eigenvalue weighted by Crippen LogP contribution is -2.45. The first-order chi connectivity index (χ1) is 15.9. The van der Waals surface area contributed by atoms with E-state index in [-0.39, 0.29) is 11.9 Å². The average molecular weight is 444 g/mol. The highest BCUT2D eigenvalue weighted by molar-refractivity contribution is 5.98. The summed E-state index contributed by atoms with van der Waals surface area (Å²) in [5, 5.41) is 0. The predicted molar refractivity (Wildman–Crippen MR) is 126 cm³/mol. The Labute approximate surface area is 193 Å². The molecule has 0 N–H and O–H groups in total. The quantitative estimate of drug-likeness (QED) is 0.450. The van der Waals surface area contributed by atoms with E-state index in [1.54, 1.807) is 6.20 Å². The molecular weight excluding hydrogens is 414 g/mol. The number of aromatic nitrogens is 4. The van der Waals surface area contributed by atoms with Gasteiger partial charge in [-0.1, -0.05) is 0 Å². The maximum atomic E-state index is 13.8. The number of carbonyl (C=O) groups is 1. The van der Waals surface area contributed by atoms with Crippen molar-refractivity contribution in [1.82, 2.24) is 24.3 Å². The lowest BCUT2D eigenvalue weighted by atomic mass is 9.97. The van der Waals surface area contributed by atoms with Gasteiger partial charge in [0, 0.05) is 37.1 Å². The fourth-order valence-corrected chi connectivity index (χ4v) is 4.66. The van der Waals surface area contributed by atoms with Gasteiger partial charge in [-0.3, -0.25) is 4.79 Å². The van der Waals surface area contributed by atoms with Crippen LogP contribution in [0.5, 0.6) is 0 Å². The van der Waals surface area contributed by atoms with Gasteiger partial charge >= 0.3 is 0 Å². The maximum absolute atomic E-state index is 13.8. The summed E-state index contributed by atoms with van der Waals surface area (Å²) in [5.41, 5.74) is 6.26. The molecule has 1 saturated heterocycles. The summed E-state index contributed by atoms with van der Waals surface area (Å²) in [5.74, 6) is 1.07. The Morgan fingerprint density at radius 3 is 2.76 bits per heavy atom. The van der Waals surface area contributed by atoms with Crippen LogP contribution < -0.4 is 0 Å². The molecule has 1 amide bonds. The summed E-state index contributed by atoms with van der Waals surface area (Å²) in [4.78, 5) is 29.6. The summed E-state index contributed by atoms with van der Waals surface area (Å²) in [6, 6.07) is 5.96. The van der Waals surface area contributed by atoms with E-state index in [1.165, 1.54) is 11.1 Å². The zero-order chi connectivity index (χ0) is 23.1. The fraction of sp³-hybridized carbons (Fsp3) is 0.385. The number of pyridine rings is 2. The summed E-state index contributed by atoms with van der Waals surface area (Å²) in [6.07, 6.45) is 9.59. The van der Waals surface area contributed by atoms with Gasteiger partial charge in [-0.05, 0) is 76.3 Å². The number of nitrogens with zero attached hydrogens (tertiary/aromatic N) is 5. The van der Waals surface area contributed by atoms with Crippen LogP contribution >= 0.6 is 0 Å². The van der Waals surface area contributed by atoms with Crippen molar-refractivity contribution in [3.05, 3.63) is 70.8 Å². The molecule has 0 bridgehead atoms. The molecule has 0 spiro atoms. The number of rotatable bonds is 4. The molecule has 1 atom stereocenters. The number of hydrogen-bond acceptors (Lipinski definition) is 5. The van der Waals surface area contributed by atoms with Crippen molar-refractivity contribution in [3.8, 4) is 11.5 Å². The Kier molecular flexibility index (Phi) is 5.48. The van der Waals surface area contributed by atoms with Crippen molar-refractivity contribution in [2.45, 2.75) is 59.4 Å². The second-order valence-corrected chi connectivity index (χ2v) is 9.06. The molecular formula is C26H29N5O2. The first-order valence-corrected chi connectivity index (χ1v) is 11.6. The first kappa shape index (κ1) is 21.4. The summed E-state index contributed by atoms with van der Waals surface area (Å²) in [6.45, 7) is 8.67. The molecule has 1 fully saturated rings. The van der Waals surface area contributed by atoms with Crippen LogP contribution in [0.15, 0.2) is 41.2 Å². The van der Waals surface area contributed by atoms with Gasteiger partial charge in [-0.2, -0.15) is 0 Å². The van der Waals surface area contributed by atoms with Crippen LogP contribution in [0.3, 0.4) is 0 Å². The highest BCUT2D eigenvalue weighted by Crippen LogP contribution is 2.28. The molecule has 1 aliphatic heterocycles. The second-order valence-electron chi connectivity index (χ2n) is 9.06. The summed E-state index contributed by atoms with van der Waals surface area (Å²) >= 11 is 0. The van der Waals surface area contributed by atoms with Crippen molar-refractivity contribution >= 4 is 11.6 Å². The Morgan fingerprint density at radius 1 is 1.12 bits per heavy atom. The SMILES string of the molecule is Cc1ccc(-c2ncc(C)o2)c(C(=O)N2CCCC[C@H]2Cc2cn3ccc(C)c(C)c3n2)n1. The minimum absolute atomic E-state index is 0.0648. The van der Waals surface area contributed by atoms with E-state index < -0.39 is 0 Å². The number of hydrogen-bond donors (Lipinski definition) is 0. The molecule has 0 aromatic carbocycles. The van der Waals surface area contributed by atoms with Crippen LogP contribution in [0.2, 0.25) is 0 Å². The van der Waals surface area contributed by atoms with Gasteiger partial charge in [0.2, 0.25) is 5.89 Å². The van der Waals surface area contributed by atoms with Gasteiger partial charge in [0.1, 0.15) is 17.1 Å². The Balaban J connectivity index is 1.47. The number of fused-ring (bicyclic) bond motifs is 1. The van der Waals surface area contributed by atoms with Gasteiger partial charge < -0.3 is 13.7 Å². The number of oxazole rings is 1. The van der Waals surface area contributed by atoms with Crippen LogP contribution in [0.1, 0.15) is 58.0 Å². The second kappa shape index (κ2) is 8.46. The molecule has 0 saturated carbocycles. The van der Waals surface area contributed by atoms with E-state index in [0.29, 0.717) is 29.5 Å². The first-order valence-electron chi connectivity index (χ1n) is 11.6. The van der Waals surface area contributed by atoms with Crippen LogP contribution in [-0.4, -0.2) is 42.7 Å². The molecule has 1 aliphatic rings. The molecule has 0 unspecified atom stereocenters. The molecule has 33 heavy (non-hydrogen) atoms. The maximum Gasteiger partial charge on any atom is 0.273 e. The van der Waals surface area contributed by atoms with Gasteiger partial charge in [-0.25, -0.2) is 15.0 Å².